The number of carboxylic acids is 1. The molecule has 1 saturated carbocycles. The Morgan fingerprint density at radius 2 is 2.05 bits per heavy atom. The lowest BCUT2D eigenvalue weighted by molar-refractivity contribution is -0.148. The SMILES string of the molecule is O=C(NC1(C(=O)O)CCC1)N1CCN2C(=O)CCC2C1. The number of rotatable bonds is 2. The van der Waals surface area contributed by atoms with E-state index in [-0.39, 0.29) is 18.0 Å². The van der Waals surface area contributed by atoms with Crippen molar-refractivity contribution in [3.63, 3.8) is 0 Å². The monoisotopic (exact) mass is 281 g/mol. The molecule has 0 aromatic rings. The maximum Gasteiger partial charge on any atom is 0.329 e. The van der Waals surface area contributed by atoms with Crippen molar-refractivity contribution in [3.8, 4) is 0 Å². The minimum absolute atomic E-state index is 0.101. The average Bonchev–Trinajstić information content (AvgIpc) is 2.74. The lowest BCUT2D eigenvalue weighted by Gasteiger charge is -2.42. The average molecular weight is 281 g/mol. The quantitative estimate of drug-likeness (QED) is 0.746. The highest BCUT2D eigenvalue weighted by Gasteiger charge is 2.47. The molecule has 3 amide bonds. The van der Waals surface area contributed by atoms with Gasteiger partial charge in [0.1, 0.15) is 5.54 Å². The van der Waals surface area contributed by atoms with Crippen LogP contribution in [0.5, 0.6) is 0 Å². The predicted molar refractivity (Wildman–Crippen MR) is 69.1 cm³/mol. The van der Waals surface area contributed by atoms with E-state index in [2.05, 4.69) is 5.32 Å². The van der Waals surface area contributed by atoms with Gasteiger partial charge in [0.25, 0.3) is 0 Å². The Hall–Kier alpha value is -1.79. The molecule has 2 aliphatic heterocycles. The zero-order valence-corrected chi connectivity index (χ0v) is 11.3. The molecule has 3 fully saturated rings. The van der Waals surface area contributed by atoms with E-state index in [0.717, 1.165) is 12.8 Å². The summed E-state index contributed by atoms with van der Waals surface area (Å²) in [6.45, 7) is 1.54. The van der Waals surface area contributed by atoms with Crippen LogP contribution in [0.25, 0.3) is 0 Å². The van der Waals surface area contributed by atoms with Crippen molar-refractivity contribution in [2.24, 2.45) is 0 Å². The predicted octanol–water partition coefficient (Wildman–Crippen LogP) is 0.00990. The summed E-state index contributed by atoms with van der Waals surface area (Å²) in [5, 5.41) is 11.9. The molecule has 2 N–H and O–H groups in total. The van der Waals surface area contributed by atoms with Gasteiger partial charge in [0.2, 0.25) is 5.91 Å². The van der Waals surface area contributed by atoms with Crippen LogP contribution in [0.3, 0.4) is 0 Å². The van der Waals surface area contributed by atoms with Crippen LogP contribution in [0.1, 0.15) is 32.1 Å². The molecule has 0 radical (unpaired) electrons. The summed E-state index contributed by atoms with van der Waals surface area (Å²) in [6.07, 6.45) is 3.16. The van der Waals surface area contributed by atoms with Crippen LogP contribution in [0.15, 0.2) is 0 Å². The summed E-state index contributed by atoms with van der Waals surface area (Å²) < 4.78 is 0. The van der Waals surface area contributed by atoms with Crippen molar-refractivity contribution in [3.05, 3.63) is 0 Å². The van der Waals surface area contributed by atoms with Crippen LogP contribution in [0.2, 0.25) is 0 Å². The number of carbonyl (C=O) groups excluding carboxylic acids is 2. The highest BCUT2D eigenvalue weighted by atomic mass is 16.4. The third-order valence-electron chi connectivity index (χ3n) is 4.74. The molecule has 3 rings (SSSR count). The van der Waals surface area contributed by atoms with Gasteiger partial charge >= 0.3 is 12.0 Å². The molecule has 7 nitrogen and oxygen atoms in total. The first-order valence-corrected chi connectivity index (χ1v) is 7.12. The van der Waals surface area contributed by atoms with E-state index in [0.29, 0.717) is 38.9 Å². The molecule has 1 aliphatic carbocycles. The summed E-state index contributed by atoms with van der Waals surface area (Å²) in [6, 6.07) is -0.213. The fraction of sp³-hybridized carbons (Fsp3) is 0.769. The molecule has 0 bridgehead atoms. The van der Waals surface area contributed by atoms with Gasteiger partial charge in [-0.15, -0.1) is 0 Å². The third kappa shape index (κ3) is 2.01. The first-order valence-electron chi connectivity index (χ1n) is 7.12. The molecule has 0 aromatic heterocycles. The Kier molecular flexibility index (Phi) is 3.07. The zero-order chi connectivity index (χ0) is 14.3. The number of hydrogen-bond donors (Lipinski definition) is 2. The topological polar surface area (TPSA) is 89.9 Å². The Balaban J connectivity index is 1.61. The molecule has 7 heteroatoms. The highest BCUT2D eigenvalue weighted by molar-refractivity contribution is 5.87. The second-order valence-electron chi connectivity index (χ2n) is 5.90. The van der Waals surface area contributed by atoms with Gasteiger partial charge in [-0.2, -0.15) is 0 Å². The summed E-state index contributed by atoms with van der Waals surface area (Å²) in [5.74, 6) is -0.789. The second-order valence-corrected chi connectivity index (χ2v) is 5.90. The molecule has 2 saturated heterocycles. The first-order chi connectivity index (χ1) is 9.52. The van der Waals surface area contributed by atoms with E-state index >= 15 is 0 Å². The van der Waals surface area contributed by atoms with Gasteiger partial charge < -0.3 is 20.2 Å². The van der Waals surface area contributed by atoms with E-state index in [1.54, 1.807) is 4.90 Å². The lowest BCUT2D eigenvalue weighted by atomic mass is 9.77. The number of fused-ring (bicyclic) bond motifs is 1. The number of urea groups is 1. The molecular formula is C13H19N3O4. The van der Waals surface area contributed by atoms with Gasteiger partial charge in [0, 0.05) is 32.1 Å². The number of amides is 3. The number of hydrogen-bond acceptors (Lipinski definition) is 3. The van der Waals surface area contributed by atoms with Crippen molar-refractivity contribution in [1.29, 1.82) is 0 Å². The number of carboxylic acid groups (broad SMARTS) is 1. The van der Waals surface area contributed by atoms with Crippen molar-refractivity contribution >= 4 is 17.9 Å². The van der Waals surface area contributed by atoms with Gasteiger partial charge in [0.15, 0.2) is 0 Å². The summed E-state index contributed by atoms with van der Waals surface area (Å²) in [7, 11) is 0. The molecule has 0 aromatic carbocycles. The highest BCUT2D eigenvalue weighted by Crippen LogP contribution is 2.32. The summed E-state index contributed by atoms with van der Waals surface area (Å²) >= 11 is 0. The third-order valence-corrected chi connectivity index (χ3v) is 4.74. The Bertz CT molecular complexity index is 461. The van der Waals surface area contributed by atoms with E-state index in [4.69, 9.17) is 0 Å². The van der Waals surface area contributed by atoms with Gasteiger partial charge in [-0.3, -0.25) is 4.79 Å². The number of aliphatic carboxylic acids is 1. The van der Waals surface area contributed by atoms with Crippen LogP contribution < -0.4 is 5.32 Å². The maximum absolute atomic E-state index is 12.2. The summed E-state index contributed by atoms with van der Waals surface area (Å²) in [5.41, 5.74) is -1.07. The lowest BCUT2D eigenvalue weighted by Crippen LogP contribution is -2.64. The first kappa shape index (κ1) is 13.2. The van der Waals surface area contributed by atoms with Crippen LogP contribution in [0.4, 0.5) is 4.79 Å². The Labute approximate surface area is 116 Å². The van der Waals surface area contributed by atoms with Crippen LogP contribution in [0, 0.1) is 0 Å². The molecule has 1 atom stereocenters. The van der Waals surface area contributed by atoms with Crippen molar-refractivity contribution in [1.82, 2.24) is 15.1 Å². The van der Waals surface area contributed by atoms with E-state index in [1.165, 1.54) is 0 Å². The van der Waals surface area contributed by atoms with Gasteiger partial charge in [0.05, 0.1) is 0 Å². The van der Waals surface area contributed by atoms with Gasteiger partial charge in [-0.1, -0.05) is 0 Å². The van der Waals surface area contributed by atoms with E-state index < -0.39 is 11.5 Å². The zero-order valence-electron chi connectivity index (χ0n) is 11.3. The minimum atomic E-state index is -1.07. The Morgan fingerprint density at radius 3 is 2.65 bits per heavy atom. The number of piperazine rings is 1. The van der Waals surface area contributed by atoms with Gasteiger partial charge in [-0.05, 0) is 25.7 Å². The van der Waals surface area contributed by atoms with Gasteiger partial charge in [-0.25, -0.2) is 9.59 Å². The molecule has 110 valence electrons. The molecule has 1 unspecified atom stereocenters. The molecule has 0 spiro atoms. The minimum Gasteiger partial charge on any atom is -0.480 e. The molecule has 3 aliphatic rings. The fourth-order valence-electron chi connectivity index (χ4n) is 3.26. The number of carbonyl (C=O) groups is 3. The molecule has 20 heavy (non-hydrogen) atoms. The van der Waals surface area contributed by atoms with E-state index in [9.17, 15) is 19.5 Å². The Morgan fingerprint density at radius 1 is 1.30 bits per heavy atom. The van der Waals surface area contributed by atoms with E-state index in [1.807, 2.05) is 4.90 Å². The maximum atomic E-state index is 12.2. The van der Waals surface area contributed by atoms with Crippen molar-refractivity contribution in [2.45, 2.75) is 43.7 Å². The summed E-state index contributed by atoms with van der Waals surface area (Å²) in [4.78, 5) is 38.6. The van der Waals surface area contributed by atoms with Crippen LogP contribution >= 0.6 is 0 Å². The second kappa shape index (κ2) is 4.64. The normalized spacial score (nSPS) is 27.8. The largest absolute Gasteiger partial charge is 0.480 e. The van der Waals surface area contributed by atoms with Crippen molar-refractivity contribution in [2.75, 3.05) is 19.6 Å². The van der Waals surface area contributed by atoms with Crippen LogP contribution in [-0.2, 0) is 9.59 Å². The molecular weight excluding hydrogens is 262 g/mol. The number of nitrogens with one attached hydrogen (secondary N) is 1. The van der Waals surface area contributed by atoms with Crippen molar-refractivity contribution < 1.29 is 19.5 Å². The smallest absolute Gasteiger partial charge is 0.329 e. The standard InChI is InChI=1S/C13H19N3O4/c17-10-3-2-9-8-15(6-7-16(9)10)12(20)14-13(11(18)19)4-1-5-13/h9H,1-8H2,(H,14,20)(H,18,19). The molecule has 2 heterocycles. The van der Waals surface area contributed by atoms with Crippen LogP contribution in [-0.4, -0.2) is 64.0 Å². The fourth-order valence-corrected chi connectivity index (χ4v) is 3.26. The number of nitrogens with zero attached hydrogens (tertiary/aromatic N) is 2.